The van der Waals surface area contributed by atoms with E-state index in [0.717, 1.165) is 5.92 Å². The van der Waals surface area contributed by atoms with Gasteiger partial charge in [-0.25, -0.2) is 19.5 Å². The second-order valence-electron chi connectivity index (χ2n) is 8.05. The van der Waals surface area contributed by atoms with Crippen LogP contribution in [0.15, 0.2) is 30.6 Å². The standard InChI is InChI=1S/C20H26N4O.H4N2OS/c1-20(2)17(24-16-18(21)22-12-23-19(16)25-20)15-10-8-14(9-11-15)13-6-4-3-5-7-13;1-4(2)3/h8-13,17,24H,3-7H2,1-2H3,(H2,21,22,23);1-2H2. The molecule has 1 saturated carbocycles. The number of fused-ring (bicyclic) bond motifs is 1. The van der Waals surface area contributed by atoms with Crippen molar-refractivity contribution in [2.75, 3.05) is 11.1 Å². The number of nitrogens with one attached hydrogen (secondary N) is 1. The van der Waals surface area contributed by atoms with E-state index in [0.29, 0.717) is 17.4 Å². The van der Waals surface area contributed by atoms with Gasteiger partial charge in [-0.05, 0) is 43.7 Å². The fourth-order valence-electron chi connectivity index (χ4n) is 4.10. The molecular formula is C20H30N6O2S. The van der Waals surface area contributed by atoms with E-state index >= 15 is 0 Å². The van der Waals surface area contributed by atoms with Gasteiger partial charge in [0.2, 0.25) is 5.88 Å². The second kappa shape index (κ2) is 9.06. The minimum Gasteiger partial charge on any atom is -0.467 e. The number of hydrogen-bond donors (Lipinski definition) is 4. The molecule has 2 aliphatic rings. The molecule has 9 heteroatoms. The van der Waals surface area contributed by atoms with Crippen LogP contribution in [0.25, 0.3) is 0 Å². The van der Waals surface area contributed by atoms with Crippen LogP contribution in [0.3, 0.4) is 0 Å². The molecule has 0 bridgehead atoms. The number of ether oxygens (including phenoxy) is 1. The Morgan fingerprint density at radius 2 is 1.66 bits per heavy atom. The lowest BCUT2D eigenvalue weighted by Gasteiger charge is -2.40. The summed E-state index contributed by atoms with van der Waals surface area (Å²) < 4.78 is 15.2. The smallest absolute Gasteiger partial charge is 0.243 e. The van der Waals surface area contributed by atoms with Crippen LogP contribution in [-0.4, -0.2) is 19.8 Å². The summed E-state index contributed by atoms with van der Waals surface area (Å²) in [4.78, 5) is 8.27. The van der Waals surface area contributed by atoms with Crippen molar-refractivity contribution in [3.05, 3.63) is 41.7 Å². The largest absolute Gasteiger partial charge is 0.467 e. The van der Waals surface area contributed by atoms with Crippen molar-refractivity contribution in [1.82, 2.24) is 9.97 Å². The summed E-state index contributed by atoms with van der Waals surface area (Å²) >= 11 is -1.61. The van der Waals surface area contributed by atoms with E-state index < -0.39 is 16.8 Å². The average Bonchev–Trinajstić information content (AvgIpc) is 2.67. The van der Waals surface area contributed by atoms with Gasteiger partial charge in [0.25, 0.3) is 0 Å². The molecule has 0 amide bonds. The van der Waals surface area contributed by atoms with E-state index in [2.05, 4.69) is 63.7 Å². The Balaban J connectivity index is 0.000000552. The molecule has 29 heavy (non-hydrogen) atoms. The van der Waals surface area contributed by atoms with E-state index in [-0.39, 0.29) is 6.04 Å². The third-order valence-electron chi connectivity index (χ3n) is 5.53. The van der Waals surface area contributed by atoms with Crippen molar-refractivity contribution >= 4 is 22.7 Å². The molecule has 158 valence electrons. The monoisotopic (exact) mass is 418 g/mol. The number of rotatable bonds is 2. The number of nitrogen functional groups attached to an aromatic ring is 1. The van der Waals surface area contributed by atoms with Crippen molar-refractivity contribution in [1.29, 1.82) is 0 Å². The normalized spacial score (nSPS) is 20.7. The number of hydrogen-bond acceptors (Lipinski definition) is 6. The van der Waals surface area contributed by atoms with Crippen molar-refractivity contribution in [3.8, 4) is 5.88 Å². The SMILES string of the molecule is CC1(C)Oc2ncnc(N)c2NC1c1ccc(C2CCCCC2)cc1.NS(N)=O. The lowest BCUT2D eigenvalue weighted by atomic mass is 9.83. The lowest BCUT2D eigenvalue weighted by Crippen LogP contribution is -2.44. The predicted octanol–water partition coefficient (Wildman–Crippen LogP) is 2.91. The van der Waals surface area contributed by atoms with Crippen LogP contribution in [0.1, 0.15) is 69.0 Å². The first kappa shape index (κ1) is 21.5. The fourth-order valence-corrected chi connectivity index (χ4v) is 4.10. The van der Waals surface area contributed by atoms with Gasteiger partial charge in [-0.15, -0.1) is 0 Å². The number of benzene rings is 1. The van der Waals surface area contributed by atoms with Gasteiger partial charge in [0.1, 0.15) is 17.6 Å². The van der Waals surface area contributed by atoms with Gasteiger partial charge in [-0.1, -0.05) is 43.5 Å². The highest BCUT2D eigenvalue weighted by molar-refractivity contribution is 7.80. The van der Waals surface area contributed by atoms with Crippen molar-refractivity contribution in [2.24, 2.45) is 10.3 Å². The topological polar surface area (TPSA) is 142 Å². The maximum absolute atomic E-state index is 9.11. The summed E-state index contributed by atoms with van der Waals surface area (Å²) in [6.07, 6.45) is 8.16. The maximum atomic E-state index is 9.11. The zero-order valence-electron chi connectivity index (χ0n) is 16.9. The molecule has 2 aromatic rings. The zero-order valence-corrected chi connectivity index (χ0v) is 17.7. The minimum absolute atomic E-state index is 0.00583. The van der Waals surface area contributed by atoms with Gasteiger partial charge in [-0.3, -0.25) is 0 Å². The molecular weight excluding hydrogens is 388 g/mol. The Bertz CT molecular complexity index is 849. The van der Waals surface area contributed by atoms with Gasteiger partial charge in [0.15, 0.2) is 17.0 Å². The predicted molar refractivity (Wildman–Crippen MR) is 116 cm³/mol. The van der Waals surface area contributed by atoms with E-state index in [4.69, 9.17) is 14.7 Å². The molecule has 1 unspecified atom stereocenters. The molecule has 0 radical (unpaired) electrons. The highest BCUT2D eigenvalue weighted by atomic mass is 32.2. The molecule has 0 saturated heterocycles. The molecule has 1 aromatic heterocycles. The van der Waals surface area contributed by atoms with Gasteiger partial charge >= 0.3 is 0 Å². The zero-order chi connectivity index (χ0) is 21.0. The Hall–Kier alpha value is -2.23. The van der Waals surface area contributed by atoms with Crippen LogP contribution >= 0.6 is 0 Å². The van der Waals surface area contributed by atoms with Gasteiger partial charge < -0.3 is 15.8 Å². The number of nitrogens with two attached hydrogens (primary N) is 3. The lowest BCUT2D eigenvalue weighted by molar-refractivity contribution is 0.0722. The van der Waals surface area contributed by atoms with E-state index in [1.54, 1.807) is 0 Å². The fraction of sp³-hybridized carbons (Fsp3) is 0.500. The van der Waals surface area contributed by atoms with E-state index in [1.165, 1.54) is 49.6 Å². The van der Waals surface area contributed by atoms with Crippen LogP contribution in [-0.2, 0) is 11.2 Å². The number of nitrogens with zero attached hydrogens (tertiary/aromatic N) is 2. The van der Waals surface area contributed by atoms with Crippen LogP contribution in [0.2, 0.25) is 0 Å². The van der Waals surface area contributed by atoms with E-state index in [9.17, 15) is 0 Å². The molecule has 1 fully saturated rings. The Labute approximate surface area is 174 Å². The highest BCUT2D eigenvalue weighted by Gasteiger charge is 2.39. The number of aromatic nitrogens is 2. The highest BCUT2D eigenvalue weighted by Crippen LogP contribution is 2.43. The van der Waals surface area contributed by atoms with Crippen molar-refractivity contribution in [2.45, 2.75) is 63.5 Å². The van der Waals surface area contributed by atoms with Gasteiger partial charge in [0.05, 0.1) is 6.04 Å². The summed E-state index contributed by atoms with van der Waals surface area (Å²) in [6, 6.07) is 9.00. The number of anilines is 2. The first-order valence-electron chi connectivity index (χ1n) is 9.84. The molecule has 1 atom stereocenters. The average molecular weight is 419 g/mol. The molecule has 1 aromatic carbocycles. The molecule has 8 nitrogen and oxygen atoms in total. The van der Waals surface area contributed by atoms with Crippen LogP contribution in [0.5, 0.6) is 5.88 Å². The van der Waals surface area contributed by atoms with Gasteiger partial charge in [0, 0.05) is 0 Å². The summed E-state index contributed by atoms with van der Waals surface area (Å²) in [7, 11) is 0. The molecule has 2 heterocycles. The Morgan fingerprint density at radius 1 is 1.07 bits per heavy atom. The van der Waals surface area contributed by atoms with Crippen LogP contribution < -0.4 is 26.1 Å². The Kier molecular flexibility index (Phi) is 6.71. The van der Waals surface area contributed by atoms with Crippen molar-refractivity contribution < 1.29 is 8.95 Å². The first-order valence-corrected chi connectivity index (χ1v) is 11.1. The first-order chi connectivity index (χ1) is 13.8. The van der Waals surface area contributed by atoms with E-state index in [1.807, 2.05) is 0 Å². The quantitative estimate of drug-likeness (QED) is 0.590. The minimum atomic E-state index is -1.61. The molecule has 1 aliphatic carbocycles. The third kappa shape index (κ3) is 5.23. The van der Waals surface area contributed by atoms with Crippen molar-refractivity contribution in [3.63, 3.8) is 0 Å². The molecule has 0 spiro atoms. The summed E-state index contributed by atoms with van der Waals surface area (Å²) in [6.45, 7) is 4.14. The molecule has 7 N–H and O–H groups in total. The second-order valence-corrected chi connectivity index (χ2v) is 8.71. The van der Waals surface area contributed by atoms with Crippen LogP contribution in [0, 0.1) is 0 Å². The van der Waals surface area contributed by atoms with Gasteiger partial charge in [-0.2, -0.15) is 4.98 Å². The summed E-state index contributed by atoms with van der Waals surface area (Å²) in [5.74, 6) is 1.66. The summed E-state index contributed by atoms with van der Waals surface area (Å²) in [5, 5.41) is 12.2. The molecule has 4 rings (SSSR count). The molecule has 1 aliphatic heterocycles. The summed E-state index contributed by atoms with van der Waals surface area (Å²) in [5.41, 5.74) is 8.90. The Morgan fingerprint density at radius 3 is 2.28 bits per heavy atom. The maximum Gasteiger partial charge on any atom is 0.243 e. The van der Waals surface area contributed by atoms with Crippen LogP contribution in [0.4, 0.5) is 11.5 Å². The third-order valence-corrected chi connectivity index (χ3v) is 5.53.